The van der Waals surface area contributed by atoms with E-state index in [0.29, 0.717) is 0 Å². The summed E-state index contributed by atoms with van der Waals surface area (Å²) in [5, 5.41) is 3.44. The van der Waals surface area contributed by atoms with E-state index < -0.39 is 0 Å². The summed E-state index contributed by atoms with van der Waals surface area (Å²) in [4.78, 5) is 6.83. The second-order valence-corrected chi connectivity index (χ2v) is 5.40. The Morgan fingerprint density at radius 3 is 2.88 bits per heavy atom. The number of hydrogen-bond donors (Lipinski definition) is 1. The third kappa shape index (κ3) is 3.42. The molecule has 0 unspecified atom stereocenters. The summed E-state index contributed by atoms with van der Waals surface area (Å²) < 4.78 is 1.10. The molecule has 0 amide bonds. The third-order valence-corrected chi connectivity index (χ3v) is 3.96. The minimum absolute atomic E-state index is 0.827. The second-order valence-electron chi connectivity index (χ2n) is 4.55. The first-order valence-electron chi connectivity index (χ1n) is 6.37. The molecule has 17 heavy (non-hydrogen) atoms. The van der Waals surface area contributed by atoms with Crippen LogP contribution in [0.15, 0.2) is 22.8 Å². The largest absolute Gasteiger partial charge is 0.356 e. The summed E-state index contributed by atoms with van der Waals surface area (Å²) in [5.41, 5.74) is 0. The number of aromatic nitrogens is 1. The van der Waals surface area contributed by atoms with Crippen LogP contribution in [0.1, 0.15) is 19.8 Å². The van der Waals surface area contributed by atoms with Gasteiger partial charge in [-0.05, 0) is 59.9 Å². The van der Waals surface area contributed by atoms with Crippen LogP contribution in [0.2, 0.25) is 0 Å². The topological polar surface area (TPSA) is 28.2 Å². The highest BCUT2D eigenvalue weighted by molar-refractivity contribution is 9.10. The van der Waals surface area contributed by atoms with E-state index in [4.69, 9.17) is 0 Å². The summed E-state index contributed by atoms with van der Waals surface area (Å²) >= 11 is 3.57. The van der Waals surface area contributed by atoms with E-state index in [0.717, 1.165) is 42.4 Å². The zero-order chi connectivity index (χ0) is 12.1. The molecular formula is C13H20BrN3. The summed E-state index contributed by atoms with van der Waals surface area (Å²) in [5.74, 6) is 1.92. The molecule has 1 aromatic rings. The fourth-order valence-electron chi connectivity index (χ4n) is 2.31. The summed E-state index contributed by atoms with van der Waals surface area (Å²) in [6, 6.07) is 4.03. The molecule has 0 spiro atoms. The van der Waals surface area contributed by atoms with Gasteiger partial charge in [-0.25, -0.2) is 4.98 Å². The smallest absolute Gasteiger partial charge is 0.142 e. The van der Waals surface area contributed by atoms with E-state index in [2.05, 4.69) is 44.1 Å². The SMILES string of the molecule is CCNCC1CCN(c2ncccc2Br)CC1. The van der Waals surface area contributed by atoms with Crippen molar-refractivity contribution in [3.8, 4) is 0 Å². The standard InChI is InChI=1S/C13H20BrN3/c1-2-15-10-11-5-8-17(9-6-11)13-12(14)4-3-7-16-13/h3-4,7,11,15H,2,5-6,8-10H2,1H3. The van der Waals surface area contributed by atoms with Crippen LogP contribution >= 0.6 is 15.9 Å². The number of nitrogens with zero attached hydrogens (tertiary/aromatic N) is 2. The van der Waals surface area contributed by atoms with Crippen LogP contribution in [0.5, 0.6) is 0 Å². The van der Waals surface area contributed by atoms with Crippen LogP contribution < -0.4 is 10.2 Å². The van der Waals surface area contributed by atoms with Crippen molar-refractivity contribution in [3.63, 3.8) is 0 Å². The summed E-state index contributed by atoms with van der Waals surface area (Å²) in [6.45, 7) is 6.64. The van der Waals surface area contributed by atoms with Crippen molar-refractivity contribution in [1.29, 1.82) is 0 Å². The number of halogens is 1. The molecule has 1 saturated heterocycles. The second kappa shape index (κ2) is 6.36. The molecule has 4 heteroatoms. The minimum Gasteiger partial charge on any atom is -0.356 e. The lowest BCUT2D eigenvalue weighted by Gasteiger charge is -2.33. The van der Waals surface area contributed by atoms with Crippen LogP contribution in [0.4, 0.5) is 5.82 Å². The molecule has 2 rings (SSSR count). The molecule has 0 atom stereocenters. The van der Waals surface area contributed by atoms with E-state index in [-0.39, 0.29) is 0 Å². The maximum absolute atomic E-state index is 4.45. The van der Waals surface area contributed by atoms with Gasteiger partial charge in [0.2, 0.25) is 0 Å². The Morgan fingerprint density at radius 1 is 1.47 bits per heavy atom. The Hall–Kier alpha value is -0.610. The molecule has 94 valence electrons. The van der Waals surface area contributed by atoms with Gasteiger partial charge in [-0.1, -0.05) is 6.92 Å². The quantitative estimate of drug-likeness (QED) is 0.926. The molecule has 0 radical (unpaired) electrons. The monoisotopic (exact) mass is 297 g/mol. The normalized spacial score (nSPS) is 17.4. The van der Waals surface area contributed by atoms with Crippen molar-refractivity contribution in [1.82, 2.24) is 10.3 Å². The van der Waals surface area contributed by atoms with Gasteiger partial charge in [0.1, 0.15) is 5.82 Å². The van der Waals surface area contributed by atoms with E-state index in [9.17, 15) is 0 Å². The van der Waals surface area contributed by atoms with E-state index in [1.54, 1.807) is 0 Å². The van der Waals surface area contributed by atoms with Crippen LogP contribution in [0.3, 0.4) is 0 Å². The molecule has 0 aliphatic carbocycles. The van der Waals surface area contributed by atoms with E-state index in [1.807, 2.05) is 12.3 Å². The highest BCUT2D eigenvalue weighted by Crippen LogP contribution is 2.27. The number of nitrogens with one attached hydrogen (secondary N) is 1. The number of piperidine rings is 1. The Balaban J connectivity index is 1.89. The van der Waals surface area contributed by atoms with Crippen molar-refractivity contribution in [2.45, 2.75) is 19.8 Å². The molecule has 0 aromatic carbocycles. The zero-order valence-electron chi connectivity index (χ0n) is 10.3. The van der Waals surface area contributed by atoms with Crippen LogP contribution in [0, 0.1) is 5.92 Å². The number of rotatable bonds is 4. The fraction of sp³-hybridized carbons (Fsp3) is 0.615. The van der Waals surface area contributed by atoms with E-state index >= 15 is 0 Å². The lowest BCUT2D eigenvalue weighted by Crippen LogP contribution is -2.37. The number of pyridine rings is 1. The van der Waals surface area contributed by atoms with Gasteiger partial charge < -0.3 is 10.2 Å². The first-order valence-corrected chi connectivity index (χ1v) is 7.16. The van der Waals surface area contributed by atoms with Gasteiger partial charge in [-0.15, -0.1) is 0 Å². The molecule has 1 fully saturated rings. The van der Waals surface area contributed by atoms with Gasteiger partial charge in [0.05, 0.1) is 4.47 Å². The zero-order valence-corrected chi connectivity index (χ0v) is 11.9. The third-order valence-electron chi connectivity index (χ3n) is 3.34. The van der Waals surface area contributed by atoms with Gasteiger partial charge >= 0.3 is 0 Å². The highest BCUT2D eigenvalue weighted by Gasteiger charge is 2.20. The molecule has 3 nitrogen and oxygen atoms in total. The minimum atomic E-state index is 0.827. The first kappa shape index (κ1) is 12.8. The fourth-order valence-corrected chi connectivity index (χ4v) is 2.81. The number of anilines is 1. The molecule has 1 aliphatic rings. The Labute approximate surface area is 112 Å². The Kier molecular flexibility index (Phi) is 4.80. The van der Waals surface area contributed by atoms with Gasteiger partial charge in [0.15, 0.2) is 0 Å². The molecule has 1 aliphatic heterocycles. The molecule has 1 aromatic heterocycles. The molecule has 1 N–H and O–H groups in total. The molecule has 2 heterocycles. The average Bonchev–Trinajstić information content (AvgIpc) is 2.38. The first-order chi connectivity index (χ1) is 8.31. The van der Waals surface area contributed by atoms with Gasteiger partial charge in [-0.2, -0.15) is 0 Å². The van der Waals surface area contributed by atoms with Gasteiger partial charge in [0, 0.05) is 19.3 Å². The van der Waals surface area contributed by atoms with Gasteiger partial charge in [-0.3, -0.25) is 0 Å². The van der Waals surface area contributed by atoms with Crippen molar-refractivity contribution in [3.05, 3.63) is 22.8 Å². The van der Waals surface area contributed by atoms with Gasteiger partial charge in [0.25, 0.3) is 0 Å². The molecule has 0 bridgehead atoms. The molecular weight excluding hydrogens is 278 g/mol. The van der Waals surface area contributed by atoms with Crippen LogP contribution in [-0.2, 0) is 0 Å². The maximum atomic E-state index is 4.45. The average molecular weight is 298 g/mol. The summed E-state index contributed by atoms with van der Waals surface area (Å²) in [6.07, 6.45) is 4.39. The lowest BCUT2D eigenvalue weighted by atomic mass is 9.97. The maximum Gasteiger partial charge on any atom is 0.142 e. The van der Waals surface area contributed by atoms with Crippen molar-refractivity contribution in [2.24, 2.45) is 5.92 Å². The number of hydrogen-bond acceptors (Lipinski definition) is 3. The van der Waals surface area contributed by atoms with E-state index in [1.165, 1.54) is 12.8 Å². The highest BCUT2D eigenvalue weighted by atomic mass is 79.9. The van der Waals surface area contributed by atoms with Crippen LogP contribution in [-0.4, -0.2) is 31.2 Å². The predicted molar refractivity (Wildman–Crippen MR) is 75.4 cm³/mol. The lowest BCUT2D eigenvalue weighted by molar-refractivity contribution is 0.385. The summed E-state index contributed by atoms with van der Waals surface area (Å²) in [7, 11) is 0. The Bertz CT molecular complexity index is 348. The van der Waals surface area contributed by atoms with Crippen molar-refractivity contribution in [2.75, 3.05) is 31.1 Å². The predicted octanol–water partition coefficient (Wildman–Crippen LogP) is 2.67. The molecule has 0 saturated carbocycles. The van der Waals surface area contributed by atoms with Crippen LogP contribution in [0.25, 0.3) is 0 Å². The Morgan fingerprint density at radius 2 is 2.24 bits per heavy atom. The van der Waals surface area contributed by atoms with Crippen molar-refractivity contribution >= 4 is 21.7 Å². The van der Waals surface area contributed by atoms with Crippen molar-refractivity contribution < 1.29 is 0 Å².